The van der Waals surface area contributed by atoms with Gasteiger partial charge in [0.05, 0.1) is 0 Å². The molecule has 5 heteroatoms. The first kappa shape index (κ1) is 15.5. The summed E-state index contributed by atoms with van der Waals surface area (Å²) in [6.07, 6.45) is 1.80. The Kier molecular flexibility index (Phi) is 5.33. The molecule has 0 fully saturated rings. The van der Waals surface area contributed by atoms with E-state index < -0.39 is 0 Å². The van der Waals surface area contributed by atoms with Crippen LogP contribution in [0.15, 0.2) is 22.7 Å². The maximum atomic E-state index is 5.89. The molecule has 21 heavy (non-hydrogen) atoms. The Bertz CT molecular complexity index is 581. The van der Waals surface area contributed by atoms with Crippen molar-refractivity contribution in [3.8, 4) is 5.75 Å². The molecule has 0 saturated carbocycles. The van der Waals surface area contributed by atoms with Crippen molar-refractivity contribution >= 4 is 0 Å². The summed E-state index contributed by atoms with van der Waals surface area (Å²) in [7, 11) is 1.94. The van der Waals surface area contributed by atoms with Crippen molar-refractivity contribution in [2.75, 3.05) is 7.05 Å². The second-order valence-corrected chi connectivity index (χ2v) is 5.19. The van der Waals surface area contributed by atoms with Gasteiger partial charge in [-0.1, -0.05) is 24.2 Å². The summed E-state index contributed by atoms with van der Waals surface area (Å²) in [5.74, 6) is 2.12. The smallest absolute Gasteiger partial charge is 0.226 e. The number of aryl methyl sites for hydroxylation is 2. The first-order chi connectivity index (χ1) is 10.1. The van der Waals surface area contributed by atoms with E-state index in [9.17, 15) is 0 Å². The van der Waals surface area contributed by atoms with E-state index in [4.69, 9.17) is 9.26 Å². The van der Waals surface area contributed by atoms with E-state index in [1.54, 1.807) is 0 Å². The molecule has 2 aromatic rings. The van der Waals surface area contributed by atoms with Crippen LogP contribution in [0.3, 0.4) is 0 Å². The number of benzene rings is 1. The highest BCUT2D eigenvalue weighted by atomic mass is 16.5. The molecule has 0 aliphatic heterocycles. The molecule has 0 amide bonds. The van der Waals surface area contributed by atoms with Gasteiger partial charge in [-0.2, -0.15) is 4.98 Å². The predicted molar refractivity (Wildman–Crippen MR) is 81.3 cm³/mol. The van der Waals surface area contributed by atoms with Gasteiger partial charge in [-0.05, 0) is 38.9 Å². The Hall–Kier alpha value is -1.88. The molecule has 114 valence electrons. The van der Waals surface area contributed by atoms with Gasteiger partial charge >= 0.3 is 0 Å². The number of aromatic nitrogens is 2. The van der Waals surface area contributed by atoms with E-state index in [-0.39, 0.29) is 6.04 Å². The first-order valence-corrected chi connectivity index (χ1v) is 7.36. The molecule has 2 rings (SSSR count). The van der Waals surface area contributed by atoms with Crippen molar-refractivity contribution in [2.45, 2.75) is 46.3 Å². The van der Waals surface area contributed by atoms with Gasteiger partial charge in [-0.15, -0.1) is 0 Å². The summed E-state index contributed by atoms with van der Waals surface area (Å²) in [4.78, 5) is 4.31. The van der Waals surface area contributed by atoms with E-state index >= 15 is 0 Å². The van der Waals surface area contributed by atoms with Gasteiger partial charge in [0, 0.05) is 18.0 Å². The summed E-state index contributed by atoms with van der Waals surface area (Å²) < 4.78 is 11.1. The SMILES string of the molecule is CCCc1nc(COc2cc(C)ccc2C(C)NC)no1. The third kappa shape index (κ3) is 4.04. The Morgan fingerprint density at radius 1 is 1.38 bits per heavy atom. The van der Waals surface area contributed by atoms with Crippen LogP contribution in [0.1, 0.15) is 49.2 Å². The number of nitrogens with one attached hydrogen (secondary N) is 1. The summed E-state index contributed by atoms with van der Waals surface area (Å²) >= 11 is 0. The van der Waals surface area contributed by atoms with Crippen molar-refractivity contribution < 1.29 is 9.26 Å². The second-order valence-electron chi connectivity index (χ2n) is 5.19. The molecule has 0 aliphatic rings. The fraction of sp³-hybridized carbons (Fsp3) is 0.500. The molecule has 1 N–H and O–H groups in total. The average molecular weight is 289 g/mol. The number of ether oxygens (including phenoxy) is 1. The lowest BCUT2D eigenvalue weighted by Gasteiger charge is -2.16. The molecule has 1 aromatic heterocycles. The van der Waals surface area contributed by atoms with Crippen LogP contribution < -0.4 is 10.1 Å². The number of hydrogen-bond donors (Lipinski definition) is 1. The molecular weight excluding hydrogens is 266 g/mol. The van der Waals surface area contributed by atoms with Crippen LogP contribution in [0.2, 0.25) is 0 Å². The molecule has 1 aromatic carbocycles. The Morgan fingerprint density at radius 3 is 2.90 bits per heavy atom. The van der Waals surface area contributed by atoms with Crippen molar-refractivity contribution in [2.24, 2.45) is 0 Å². The molecule has 0 radical (unpaired) electrons. The summed E-state index contributed by atoms with van der Waals surface area (Å²) in [5.41, 5.74) is 2.29. The molecule has 0 spiro atoms. The Morgan fingerprint density at radius 2 is 2.19 bits per heavy atom. The van der Waals surface area contributed by atoms with Gasteiger partial charge in [0.25, 0.3) is 0 Å². The van der Waals surface area contributed by atoms with Crippen LogP contribution in [0.4, 0.5) is 0 Å². The standard InChI is InChI=1S/C16H23N3O2/c1-5-6-16-18-15(19-21-16)10-20-14-9-11(2)7-8-13(14)12(3)17-4/h7-9,12,17H,5-6,10H2,1-4H3. The minimum Gasteiger partial charge on any atom is -0.485 e. The fourth-order valence-corrected chi connectivity index (χ4v) is 2.09. The lowest BCUT2D eigenvalue weighted by molar-refractivity contribution is 0.280. The van der Waals surface area contributed by atoms with Crippen LogP contribution in [-0.4, -0.2) is 17.2 Å². The Balaban J connectivity index is 2.09. The normalized spacial score (nSPS) is 12.4. The number of hydrogen-bond acceptors (Lipinski definition) is 5. The van der Waals surface area contributed by atoms with Crippen molar-refractivity contribution in [3.05, 3.63) is 41.0 Å². The molecule has 1 atom stereocenters. The van der Waals surface area contributed by atoms with E-state index in [1.165, 1.54) is 0 Å². The van der Waals surface area contributed by atoms with Gasteiger partial charge < -0.3 is 14.6 Å². The number of rotatable bonds is 7. The maximum absolute atomic E-state index is 5.89. The minimum absolute atomic E-state index is 0.224. The largest absolute Gasteiger partial charge is 0.485 e. The number of nitrogens with zero attached hydrogens (tertiary/aromatic N) is 2. The fourth-order valence-electron chi connectivity index (χ4n) is 2.09. The van der Waals surface area contributed by atoms with E-state index in [2.05, 4.69) is 41.4 Å². The van der Waals surface area contributed by atoms with Crippen molar-refractivity contribution in [3.63, 3.8) is 0 Å². The summed E-state index contributed by atoms with van der Waals surface area (Å²) in [5, 5.41) is 7.17. The second kappa shape index (κ2) is 7.22. The van der Waals surface area contributed by atoms with E-state index in [0.717, 1.165) is 29.7 Å². The van der Waals surface area contributed by atoms with E-state index in [1.807, 2.05) is 20.0 Å². The highest BCUT2D eigenvalue weighted by Crippen LogP contribution is 2.26. The van der Waals surface area contributed by atoms with Crippen molar-refractivity contribution in [1.29, 1.82) is 0 Å². The van der Waals surface area contributed by atoms with Crippen LogP contribution in [-0.2, 0) is 13.0 Å². The summed E-state index contributed by atoms with van der Waals surface area (Å²) in [6, 6.07) is 6.44. The molecule has 0 saturated heterocycles. The molecular formula is C16H23N3O2. The van der Waals surface area contributed by atoms with Crippen LogP contribution in [0.25, 0.3) is 0 Å². The molecule has 0 bridgehead atoms. The van der Waals surface area contributed by atoms with E-state index in [0.29, 0.717) is 18.3 Å². The van der Waals surface area contributed by atoms with Crippen LogP contribution in [0.5, 0.6) is 5.75 Å². The van der Waals surface area contributed by atoms with Gasteiger partial charge in [0.15, 0.2) is 6.61 Å². The van der Waals surface area contributed by atoms with Crippen LogP contribution >= 0.6 is 0 Å². The third-order valence-corrected chi connectivity index (χ3v) is 3.40. The average Bonchev–Trinajstić information content (AvgIpc) is 2.92. The Labute approximate surface area is 125 Å². The van der Waals surface area contributed by atoms with Gasteiger partial charge in [0.1, 0.15) is 5.75 Å². The zero-order chi connectivity index (χ0) is 15.2. The maximum Gasteiger partial charge on any atom is 0.226 e. The van der Waals surface area contributed by atoms with Gasteiger partial charge in [-0.25, -0.2) is 0 Å². The third-order valence-electron chi connectivity index (χ3n) is 3.40. The summed E-state index contributed by atoms with van der Waals surface area (Å²) in [6.45, 7) is 6.55. The van der Waals surface area contributed by atoms with Crippen molar-refractivity contribution in [1.82, 2.24) is 15.5 Å². The highest BCUT2D eigenvalue weighted by molar-refractivity contribution is 5.39. The van der Waals surface area contributed by atoms with Crippen LogP contribution in [0, 0.1) is 6.92 Å². The predicted octanol–water partition coefficient (Wildman–Crippen LogP) is 3.19. The van der Waals surface area contributed by atoms with Gasteiger partial charge in [-0.3, -0.25) is 0 Å². The zero-order valence-corrected chi connectivity index (χ0v) is 13.1. The first-order valence-electron chi connectivity index (χ1n) is 7.36. The molecule has 1 unspecified atom stereocenters. The lowest BCUT2D eigenvalue weighted by atomic mass is 10.1. The molecule has 0 aliphatic carbocycles. The highest BCUT2D eigenvalue weighted by Gasteiger charge is 2.12. The minimum atomic E-state index is 0.224. The topological polar surface area (TPSA) is 60.2 Å². The lowest BCUT2D eigenvalue weighted by Crippen LogP contribution is -2.14. The monoisotopic (exact) mass is 289 g/mol. The zero-order valence-electron chi connectivity index (χ0n) is 13.1. The van der Waals surface area contributed by atoms with Gasteiger partial charge in [0.2, 0.25) is 11.7 Å². The molecule has 1 heterocycles. The quantitative estimate of drug-likeness (QED) is 0.848. The molecule has 5 nitrogen and oxygen atoms in total.